The maximum Gasteiger partial charge on any atom is 0.416 e. The van der Waals surface area contributed by atoms with Gasteiger partial charge in [-0.05, 0) is 105 Å². The molecule has 4 unspecified atom stereocenters. The molecule has 170 valence electrons. The Bertz CT molecular complexity index is 762. The van der Waals surface area contributed by atoms with E-state index in [1.807, 2.05) is 0 Å². The lowest BCUT2D eigenvalue weighted by Gasteiger charge is -2.45. The molecule has 2 nitrogen and oxygen atoms in total. The lowest BCUT2D eigenvalue weighted by Crippen LogP contribution is -2.40. The van der Waals surface area contributed by atoms with Crippen LogP contribution in [0.4, 0.5) is 13.2 Å². The summed E-state index contributed by atoms with van der Waals surface area (Å²) in [4.78, 5) is 12.9. The molecule has 3 aliphatic carbocycles. The molecule has 4 atom stereocenters. The zero-order valence-electron chi connectivity index (χ0n) is 18.1. The van der Waals surface area contributed by atoms with Crippen LogP contribution in [0.5, 0.6) is 5.75 Å². The summed E-state index contributed by atoms with van der Waals surface area (Å²) in [5, 5.41) is 0. The van der Waals surface area contributed by atoms with Gasteiger partial charge < -0.3 is 4.74 Å². The zero-order chi connectivity index (χ0) is 22.0. The average molecular weight is 435 g/mol. The third kappa shape index (κ3) is 5.18. The van der Waals surface area contributed by atoms with Crippen LogP contribution < -0.4 is 4.74 Å². The topological polar surface area (TPSA) is 26.3 Å². The molecule has 0 aromatic heterocycles. The number of halogens is 3. The average Bonchev–Trinajstić information content (AvgIpc) is 2.78. The van der Waals surface area contributed by atoms with Crippen molar-refractivity contribution in [3.05, 3.63) is 42.5 Å². The first-order valence-corrected chi connectivity index (χ1v) is 11.9. The van der Waals surface area contributed by atoms with Crippen LogP contribution in [0, 0.1) is 35.5 Å². The van der Waals surface area contributed by atoms with Gasteiger partial charge in [0.05, 0.1) is 11.5 Å². The number of fused-ring (bicyclic) bond motifs is 1. The Balaban J connectivity index is 1.34. The highest BCUT2D eigenvalue weighted by atomic mass is 19.4. The van der Waals surface area contributed by atoms with Gasteiger partial charge in [0.1, 0.15) is 5.75 Å². The molecule has 3 saturated carbocycles. The molecular formula is C26H33F3O2. The van der Waals surface area contributed by atoms with Crippen LogP contribution in [0.3, 0.4) is 0 Å². The van der Waals surface area contributed by atoms with E-state index in [-0.39, 0.29) is 17.6 Å². The standard InChI is InChI=1S/C26H33F3O2/c1-2-17-6-8-18(9-7-17)19-10-15-23-20(16-19)4-3-5-24(23)25(30)31-22-13-11-21(12-14-22)26(27,28)29/h2,11-14,17-20,23-24H,1,3-10,15-16H2. The summed E-state index contributed by atoms with van der Waals surface area (Å²) in [7, 11) is 0. The number of hydrogen-bond acceptors (Lipinski definition) is 2. The summed E-state index contributed by atoms with van der Waals surface area (Å²) in [6, 6.07) is 4.44. The number of esters is 1. The maximum absolute atomic E-state index is 12.9. The van der Waals surface area contributed by atoms with Crippen molar-refractivity contribution in [2.45, 2.75) is 70.4 Å². The van der Waals surface area contributed by atoms with Crippen LogP contribution in [0.15, 0.2) is 36.9 Å². The molecule has 4 rings (SSSR count). The number of benzene rings is 1. The van der Waals surface area contributed by atoms with Crippen LogP contribution >= 0.6 is 0 Å². The molecule has 1 aromatic rings. The monoisotopic (exact) mass is 434 g/mol. The van der Waals surface area contributed by atoms with Crippen molar-refractivity contribution in [2.24, 2.45) is 35.5 Å². The van der Waals surface area contributed by atoms with E-state index in [0.29, 0.717) is 17.8 Å². The normalized spacial score (nSPS) is 33.9. The minimum absolute atomic E-state index is 0.126. The van der Waals surface area contributed by atoms with Crippen molar-refractivity contribution in [3.8, 4) is 5.75 Å². The van der Waals surface area contributed by atoms with Gasteiger partial charge >= 0.3 is 12.1 Å². The van der Waals surface area contributed by atoms with Gasteiger partial charge in [-0.2, -0.15) is 13.2 Å². The Hall–Kier alpha value is -1.78. The minimum atomic E-state index is -4.39. The van der Waals surface area contributed by atoms with Gasteiger partial charge in [-0.3, -0.25) is 4.79 Å². The van der Waals surface area contributed by atoms with E-state index in [2.05, 4.69) is 12.7 Å². The summed E-state index contributed by atoms with van der Waals surface area (Å²) in [6.07, 6.45) is 9.39. The van der Waals surface area contributed by atoms with E-state index < -0.39 is 11.7 Å². The third-order valence-corrected chi connectivity index (χ3v) is 8.21. The Morgan fingerprint density at radius 2 is 1.58 bits per heavy atom. The molecule has 3 fully saturated rings. The van der Waals surface area contributed by atoms with Crippen LogP contribution in [0.2, 0.25) is 0 Å². The molecule has 0 N–H and O–H groups in total. The molecular weight excluding hydrogens is 401 g/mol. The second-order valence-electron chi connectivity index (χ2n) is 9.89. The van der Waals surface area contributed by atoms with Crippen molar-refractivity contribution >= 4 is 5.97 Å². The van der Waals surface area contributed by atoms with Gasteiger partial charge in [0.15, 0.2) is 0 Å². The van der Waals surface area contributed by atoms with Gasteiger partial charge in [-0.25, -0.2) is 0 Å². The smallest absolute Gasteiger partial charge is 0.416 e. The van der Waals surface area contributed by atoms with Crippen molar-refractivity contribution < 1.29 is 22.7 Å². The van der Waals surface area contributed by atoms with Gasteiger partial charge in [0, 0.05) is 0 Å². The van der Waals surface area contributed by atoms with Gasteiger partial charge in [-0.1, -0.05) is 18.9 Å². The number of allylic oxidation sites excluding steroid dienone is 1. The maximum atomic E-state index is 12.9. The van der Waals surface area contributed by atoms with Crippen LogP contribution in [-0.4, -0.2) is 5.97 Å². The molecule has 0 bridgehead atoms. The lowest BCUT2D eigenvalue weighted by atomic mass is 9.59. The molecule has 1 aromatic carbocycles. The zero-order valence-corrected chi connectivity index (χ0v) is 18.1. The number of carbonyl (C=O) groups is 1. The quantitative estimate of drug-likeness (QED) is 0.280. The van der Waals surface area contributed by atoms with Crippen molar-refractivity contribution in [1.29, 1.82) is 0 Å². The van der Waals surface area contributed by atoms with Gasteiger partial charge in [-0.15, -0.1) is 6.58 Å². The minimum Gasteiger partial charge on any atom is -0.426 e. The number of alkyl halides is 3. The molecule has 0 radical (unpaired) electrons. The highest BCUT2D eigenvalue weighted by Crippen LogP contribution is 2.50. The molecule has 0 saturated heterocycles. The summed E-state index contributed by atoms with van der Waals surface area (Å²) in [5.74, 6) is 3.02. The number of rotatable bonds is 4. The second-order valence-corrected chi connectivity index (χ2v) is 9.89. The Morgan fingerprint density at radius 1 is 0.903 bits per heavy atom. The summed E-state index contributed by atoms with van der Waals surface area (Å²) >= 11 is 0. The number of hydrogen-bond donors (Lipinski definition) is 0. The molecule has 0 spiro atoms. The molecule has 3 aliphatic rings. The third-order valence-electron chi connectivity index (χ3n) is 8.21. The Labute approximate surface area is 183 Å². The fourth-order valence-corrected chi connectivity index (χ4v) is 6.48. The van der Waals surface area contributed by atoms with Gasteiger partial charge in [0.25, 0.3) is 0 Å². The fraction of sp³-hybridized carbons (Fsp3) is 0.654. The molecule has 0 aliphatic heterocycles. The predicted molar refractivity (Wildman–Crippen MR) is 114 cm³/mol. The van der Waals surface area contributed by atoms with Gasteiger partial charge in [0.2, 0.25) is 0 Å². The predicted octanol–water partition coefficient (Wildman–Crippen LogP) is 7.44. The number of ether oxygens (including phenoxy) is 1. The van der Waals surface area contributed by atoms with Crippen LogP contribution in [0.25, 0.3) is 0 Å². The summed E-state index contributed by atoms with van der Waals surface area (Å²) in [5.41, 5.74) is -0.731. The fourth-order valence-electron chi connectivity index (χ4n) is 6.48. The second kappa shape index (κ2) is 9.38. The lowest BCUT2D eigenvalue weighted by molar-refractivity contribution is -0.144. The molecule has 0 amide bonds. The van der Waals surface area contributed by atoms with Crippen LogP contribution in [-0.2, 0) is 11.0 Å². The first-order valence-electron chi connectivity index (χ1n) is 11.9. The van der Waals surface area contributed by atoms with Crippen molar-refractivity contribution in [3.63, 3.8) is 0 Å². The molecule has 0 heterocycles. The highest BCUT2D eigenvalue weighted by molar-refractivity contribution is 5.75. The Morgan fingerprint density at radius 3 is 2.23 bits per heavy atom. The largest absolute Gasteiger partial charge is 0.426 e. The van der Waals surface area contributed by atoms with Crippen molar-refractivity contribution in [2.75, 3.05) is 0 Å². The van der Waals surface area contributed by atoms with E-state index in [1.54, 1.807) is 0 Å². The SMILES string of the molecule is C=CC1CCC(C2CCC3C(CCCC3C(=O)Oc3ccc(C(F)(F)F)cc3)C2)CC1. The molecule has 31 heavy (non-hydrogen) atoms. The van der Waals surface area contributed by atoms with E-state index in [4.69, 9.17) is 4.74 Å². The first-order chi connectivity index (χ1) is 14.8. The highest BCUT2D eigenvalue weighted by Gasteiger charge is 2.43. The van der Waals surface area contributed by atoms with E-state index in [0.717, 1.165) is 43.2 Å². The molecule has 5 heteroatoms. The van der Waals surface area contributed by atoms with E-state index in [1.165, 1.54) is 57.1 Å². The summed E-state index contributed by atoms with van der Waals surface area (Å²) < 4.78 is 43.8. The van der Waals surface area contributed by atoms with E-state index in [9.17, 15) is 18.0 Å². The summed E-state index contributed by atoms with van der Waals surface area (Å²) in [6.45, 7) is 3.95. The van der Waals surface area contributed by atoms with Crippen molar-refractivity contribution in [1.82, 2.24) is 0 Å². The van der Waals surface area contributed by atoms with Crippen LogP contribution in [0.1, 0.15) is 69.8 Å². The first kappa shape index (κ1) is 22.4. The van der Waals surface area contributed by atoms with E-state index >= 15 is 0 Å². The Kier molecular flexibility index (Phi) is 6.78. The number of carbonyl (C=O) groups excluding carboxylic acids is 1.